The molecule has 0 aliphatic carbocycles. The predicted molar refractivity (Wildman–Crippen MR) is 199 cm³/mol. The molecule has 0 bridgehead atoms. The lowest BCUT2D eigenvalue weighted by Crippen LogP contribution is -1.86. The molecule has 230 valence electrons. The summed E-state index contributed by atoms with van der Waals surface area (Å²) < 4.78 is 0. The standard InChI is InChI=1S/C42H28Cl2N4/c43-35-15-7-13-33(25-35)41-45-37(29-9-3-1-4-10-29)39(47-41)31-21-17-27(18-22-31)28-19-23-32(24-20-28)40-38(30-11-5-2-6-12-30)46-42(48-40)34-14-8-16-36(44)26-34/h1-26H,(H,45,47)(H,46,48). The molecule has 2 aromatic heterocycles. The van der Waals surface area contributed by atoms with Gasteiger partial charge in [0.2, 0.25) is 0 Å². The monoisotopic (exact) mass is 658 g/mol. The van der Waals surface area contributed by atoms with Gasteiger partial charge in [0.1, 0.15) is 11.6 Å². The van der Waals surface area contributed by atoms with Crippen molar-refractivity contribution in [3.05, 3.63) is 168 Å². The van der Waals surface area contributed by atoms with E-state index in [1.807, 2.05) is 84.9 Å². The molecule has 0 radical (unpaired) electrons. The largest absolute Gasteiger partial charge is 0.337 e. The molecule has 6 heteroatoms. The van der Waals surface area contributed by atoms with E-state index in [-0.39, 0.29) is 0 Å². The zero-order chi connectivity index (χ0) is 32.5. The molecule has 0 unspecified atom stereocenters. The first-order valence-corrected chi connectivity index (χ1v) is 16.4. The summed E-state index contributed by atoms with van der Waals surface area (Å²) in [7, 11) is 0. The highest BCUT2D eigenvalue weighted by Gasteiger charge is 2.17. The van der Waals surface area contributed by atoms with Gasteiger partial charge in [0.25, 0.3) is 0 Å². The van der Waals surface area contributed by atoms with Crippen LogP contribution >= 0.6 is 23.2 Å². The van der Waals surface area contributed by atoms with Crippen LogP contribution in [0.4, 0.5) is 0 Å². The number of halogens is 2. The van der Waals surface area contributed by atoms with Crippen molar-refractivity contribution in [1.82, 2.24) is 19.9 Å². The topological polar surface area (TPSA) is 57.4 Å². The highest BCUT2D eigenvalue weighted by molar-refractivity contribution is 6.31. The van der Waals surface area contributed by atoms with Gasteiger partial charge in [0.05, 0.1) is 22.8 Å². The van der Waals surface area contributed by atoms with Crippen LogP contribution in [0.15, 0.2) is 158 Å². The van der Waals surface area contributed by atoms with Crippen molar-refractivity contribution in [2.45, 2.75) is 0 Å². The molecule has 0 amide bonds. The highest BCUT2D eigenvalue weighted by atomic mass is 35.5. The Balaban J connectivity index is 1.12. The molecule has 0 aliphatic heterocycles. The summed E-state index contributed by atoms with van der Waals surface area (Å²) in [6, 6.07) is 53.2. The molecular weight excluding hydrogens is 631 g/mol. The molecule has 8 rings (SSSR count). The molecule has 48 heavy (non-hydrogen) atoms. The van der Waals surface area contributed by atoms with Gasteiger partial charge in [-0.05, 0) is 35.4 Å². The van der Waals surface area contributed by atoms with Crippen molar-refractivity contribution in [3.8, 4) is 78.9 Å². The van der Waals surface area contributed by atoms with E-state index in [0.717, 1.165) is 78.9 Å². The maximum atomic E-state index is 6.31. The minimum Gasteiger partial charge on any atom is -0.337 e. The van der Waals surface area contributed by atoms with E-state index in [4.69, 9.17) is 33.2 Å². The number of rotatable bonds is 7. The second-order valence-corrected chi connectivity index (χ2v) is 12.4. The molecule has 6 aromatic carbocycles. The first-order chi connectivity index (χ1) is 23.6. The van der Waals surface area contributed by atoms with Crippen LogP contribution in [0.1, 0.15) is 0 Å². The van der Waals surface area contributed by atoms with Crippen molar-refractivity contribution in [3.63, 3.8) is 0 Å². The number of nitrogens with zero attached hydrogens (tertiary/aromatic N) is 2. The molecule has 0 aliphatic rings. The van der Waals surface area contributed by atoms with Gasteiger partial charge in [-0.2, -0.15) is 0 Å². The third-order valence-corrected chi connectivity index (χ3v) is 8.85. The van der Waals surface area contributed by atoms with E-state index in [1.165, 1.54) is 0 Å². The van der Waals surface area contributed by atoms with E-state index >= 15 is 0 Å². The summed E-state index contributed by atoms with van der Waals surface area (Å²) in [6.45, 7) is 0. The van der Waals surface area contributed by atoms with Gasteiger partial charge in [-0.1, -0.05) is 157 Å². The van der Waals surface area contributed by atoms with Crippen LogP contribution in [0.25, 0.3) is 78.9 Å². The van der Waals surface area contributed by atoms with Crippen LogP contribution in [-0.4, -0.2) is 19.9 Å². The summed E-state index contributed by atoms with van der Waals surface area (Å²) in [4.78, 5) is 17.2. The Kier molecular flexibility index (Phi) is 7.95. The summed E-state index contributed by atoms with van der Waals surface area (Å²) in [6.07, 6.45) is 0. The average Bonchev–Trinajstić information content (AvgIpc) is 3.79. The van der Waals surface area contributed by atoms with Crippen LogP contribution in [0.5, 0.6) is 0 Å². The molecule has 0 atom stereocenters. The van der Waals surface area contributed by atoms with Crippen LogP contribution < -0.4 is 0 Å². The summed E-state index contributed by atoms with van der Waals surface area (Å²) in [5, 5.41) is 1.35. The van der Waals surface area contributed by atoms with Gasteiger partial charge >= 0.3 is 0 Å². The second-order valence-electron chi connectivity index (χ2n) is 11.5. The third-order valence-electron chi connectivity index (χ3n) is 8.38. The van der Waals surface area contributed by atoms with Crippen molar-refractivity contribution in [2.75, 3.05) is 0 Å². The molecule has 0 saturated heterocycles. The molecule has 4 nitrogen and oxygen atoms in total. The number of nitrogens with one attached hydrogen (secondary N) is 2. The molecular formula is C42H28Cl2N4. The van der Waals surface area contributed by atoms with Crippen molar-refractivity contribution in [2.24, 2.45) is 0 Å². The highest BCUT2D eigenvalue weighted by Crippen LogP contribution is 2.37. The number of benzene rings is 6. The number of imidazole rings is 2. The van der Waals surface area contributed by atoms with Gasteiger partial charge in [-0.25, -0.2) is 9.97 Å². The zero-order valence-electron chi connectivity index (χ0n) is 25.7. The third kappa shape index (κ3) is 5.95. The lowest BCUT2D eigenvalue weighted by atomic mass is 9.98. The maximum Gasteiger partial charge on any atom is 0.138 e. The minimum atomic E-state index is 0.673. The fourth-order valence-electron chi connectivity index (χ4n) is 5.98. The molecule has 0 saturated carbocycles. The molecule has 0 fully saturated rings. The van der Waals surface area contributed by atoms with E-state index in [9.17, 15) is 0 Å². The quantitative estimate of drug-likeness (QED) is 0.179. The zero-order valence-corrected chi connectivity index (χ0v) is 27.2. The Morgan fingerprint density at radius 3 is 1.15 bits per heavy atom. The minimum absolute atomic E-state index is 0.673. The molecule has 2 heterocycles. The number of hydrogen-bond donors (Lipinski definition) is 2. The SMILES string of the molecule is Clc1cccc(-c2nc(-c3ccc(-c4ccc(-c5[nH]c(-c6cccc(Cl)c6)nc5-c5ccccc5)cc4)cc3)c(-c3ccccc3)[nH]2)c1. The van der Waals surface area contributed by atoms with Crippen molar-refractivity contribution in [1.29, 1.82) is 0 Å². The predicted octanol–water partition coefficient (Wildman–Crippen LogP) is 12.1. The van der Waals surface area contributed by atoms with Crippen LogP contribution in [0.2, 0.25) is 10.0 Å². The molecule has 0 spiro atoms. The molecule has 8 aromatic rings. The summed E-state index contributed by atoms with van der Waals surface area (Å²) in [5.74, 6) is 1.55. The Morgan fingerprint density at radius 2 is 0.688 bits per heavy atom. The normalized spacial score (nSPS) is 11.1. The Bertz CT molecular complexity index is 2170. The number of aromatic amines is 2. The summed E-state index contributed by atoms with van der Waals surface area (Å²) in [5.41, 5.74) is 12.0. The van der Waals surface area contributed by atoms with Gasteiger partial charge in [-0.3, -0.25) is 0 Å². The average molecular weight is 660 g/mol. The fourth-order valence-corrected chi connectivity index (χ4v) is 6.36. The number of H-pyrrole nitrogens is 2. The van der Waals surface area contributed by atoms with Crippen LogP contribution in [0, 0.1) is 0 Å². The van der Waals surface area contributed by atoms with Crippen LogP contribution in [-0.2, 0) is 0 Å². The number of aromatic nitrogens is 4. The van der Waals surface area contributed by atoms with E-state index in [1.54, 1.807) is 0 Å². The van der Waals surface area contributed by atoms with Crippen molar-refractivity contribution >= 4 is 23.2 Å². The maximum absolute atomic E-state index is 6.31. The number of hydrogen-bond acceptors (Lipinski definition) is 2. The lowest BCUT2D eigenvalue weighted by molar-refractivity contribution is 1.31. The van der Waals surface area contributed by atoms with E-state index < -0.39 is 0 Å². The van der Waals surface area contributed by atoms with Gasteiger partial charge in [0.15, 0.2) is 0 Å². The Labute approximate surface area is 288 Å². The van der Waals surface area contributed by atoms with Gasteiger partial charge in [0, 0.05) is 43.4 Å². The Morgan fingerprint density at radius 1 is 0.333 bits per heavy atom. The first-order valence-electron chi connectivity index (χ1n) is 15.6. The lowest BCUT2D eigenvalue weighted by Gasteiger charge is -2.08. The Hall–Kier alpha value is -5.68. The van der Waals surface area contributed by atoms with Gasteiger partial charge < -0.3 is 9.97 Å². The first kappa shape index (κ1) is 29.7. The summed E-state index contributed by atoms with van der Waals surface area (Å²) >= 11 is 12.6. The van der Waals surface area contributed by atoms with E-state index in [2.05, 4.69) is 82.8 Å². The molecule has 2 N–H and O–H groups in total. The second kappa shape index (κ2) is 12.8. The van der Waals surface area contributed by atoms with Crippen molar-refractivity contribution < 1.29 is 0 Å². The smallest absolute Gasteiger partial charge is 0.138 e. The fraction of sp³-hybridized carbons (Fsp3) is 0. The van der Waals surface area contributed by atoms with E-state index in [0.29, 0.717) is 10.0 Å². The van der Waals surface area contributed by atoms with Gasteiger partial charge in [-0.15, -0.1) is 0 Å². The van der Waals surface area contributed by atoms with Crippen LogP contribution in [0.3, 0.4) is 0 Å².